The number of amides is 2. The highest BCUT2D eigenvalue weighted by Crippen LogP contribution is 2.31. The van der Waals surface area contributed by atoms with Crippen LogP contribution in [-0.2, 0) is 17.5 Å². The lowest BCUT2D eigenvalue weighted by Gasteiger charge is -2.27. The second-order valence-corrected chi connectivity index (χ2v) is 4.60. The van der Waals surface area contributed by atoms with Crippen molar-refractivity contribution in [2.75, 3.05) is 31.6 Å². The van der Waals surface area contributed by atoms with Crippen molar-refractivity contribution in [1.29, 1.82) is 0 Å². The van der Waals surface area contributed by atoms with Crippen LogP contribution in [0.5, 0.6) is 0 Å². The van der Waals surface area contributed by atoms with Crippen LogP contribution in [0, 0.1) is 0 Å². The molecule has 2 rings (SSSR count). The van der Waals surface area contributed by atoms with Crippen molar-refractivity contribution in [2.45, 2.75) is 12.7 Å². The maximum Gasteiger partial charge on any atom is 0.416 e. The van der Waals surface area contributed by atoms with Gasteiger partial charge in [-0.15, -0.1) is 0 Å². The summed E-state index contributed by atoms with van der Waals surface area (Å²) in [5, 5.41) is 2.59. The minimum Gasteiger partial charge on any atom is -0.378 e. The van der Waals surface area contributed by atoms with Gasteiger partial charge in [0.2, 0.25) is 0 Å². The smallest absolute Gasteiger partial charge is 0.378 e. The molecule has 21 heavy (non-hydrogen) atoms. The van der Waals surface area contributed by atoms with E-state index < -0.39 is 11.7 Å². The summed E-state index contributed by atoms with van der Waals surface area (Å²) >= 11 is 0. The van der Waals surface area contributed by atoms with Gasteiger partial charge in [0.1, 0.15) is 0 Å². The second-order valence-electron chi connectivity index (χ2n) is 4.60. The van der Waals surface area contributed by atoms with Gasteiger partial charge in [0.15, 0.2) is 0 Å². The predicted molar refractivity (Wildman–Crippen MR) is 70.7 cm³/mol. The molecule has 0 atom stereocenters. The number of nitrogens with one attached hydrogen (secondary N) is 1. The lowest BCUT2D eigenvalue weighted by atomic mass is 10.1. The number of benzene rings is 1. The van der Waals surface area contributed by atoms with Crippen LogP contribution in [0.3, 0.4) is 0 Å². The quantitative estimate of drug-likeness (QED) is 0.878. The number of nitrogens with zero attached hydrogens (tertiary/aromatic N) is 1. The number of ether oxygens (including phenoxy) is 1. The molecule has 1 aliphatic heterocycles. The molecule has 8 heteroatoms. The molecule has 0 unspecified atom stereocenters. The summed E-state index contributed by atoms with van der Waals surface area (Å²) in [6.45, 7) is 1.70. The van der Waals surface area contributed by atoms with E-state index in [0.29, 0.717) is 32.0 Å². The Balaban J connectivity index is 2.14. The van der Waals surface area contributed by atoms with Crippen molar-refractivity contribution < 1.29 is 22.7 Å². The molecule has 3 N–H and O–H groups in total. The number of hydrogen-bond acceptors (Lipinski definition) is 3. The first-order valence-electron chi connectivity index (χ1n) is 6.45. The van der Waals surface area contributed by atoms with Crippen LogP contribution >= 0.6 is 0 Å². The minimum absolute atomic E-state index is 0.0946. The SMILES string of the molecule is NCc1cc(C(F)(F)F)ccc1NC(=O)N1CCOCC1. The highest BCUT2D eigenvalue weighted by atomic mass is 19.4. The van der Waals surface area contributed by atoms with Crippen molar-refractivity contribution in [3.05, 3.63) is 29.3 Å². The number of morpholine rings is 1. The molecule has 1 aliphatic rings. The zero-order chi connectivity index (χ0) is 15.5. The van der Waals surface area contributed by atoms with E-state index in [0.717, 1.165) is 12.1 Å². The van der Waals surface area contributed by atoms with Crippen molar-refractivity contribution in [3.8, 4) is 0 Å². The number of urea groups is 1. The van der Waals surface area contributed by atoms with E-state index in [-0.39, 0.29) is 18.1 Å². The summed E-state index contributed by atoms with van der Waals surface area (Å²) in [7, 11) is 0. The van der Waals surface area contributed by atoms with Crippen LogP contribution in [-0.4, -0.2) is 37.2 Å². The summed E-state index contributed by atoms with van der Waals surface area (Å²) < 4.78 is 43.0. The van der Waals surface area contributed by atoms with E-state index >= 15 is 0 Å². The van der Waals surface area contributed by atoms with Crippen LogP contribution in [0.4, 0.5) is 23.7 Å². The first kappa shape index (κ1) is 15.6. The third-order valence-electron chi connectivity index (χ3n) is 3.19. The van der Waals surface area contributed by atoms with Crippen molar-refractivity contribution >= 4 is 11.7 Å². The highest BCUT2D eigenvalue weighted by Gasteiger charge is 2.31. The van der Waals surface area contributed by atoms with Gasteiger partial charge in [0, 0.05) is 25.3 Å². The van der Waals surface area contributed by atoms with Crippen molar-refractivity contribution in [1.82, 2.24) is 4.90 Å². The summed E-state index contributed by atoms with van der Waals surface area (Å²) in [5.41, 5.74) is 5.22. The molecule has 0 aliphatic carbocycles. The average molecular weight is 303 g/mol. The van der Waals surface area contributed by atoms with E-state index in [1.54, 1.807) is 4.90 Å². The standard InChI is InChI=1S/C13H16F3N3O2/c14-13(15,16)10-1-2-11(9(7-10)8-17)18-12(20)19-3-5-21-6-4-19/h1-2,7H,3-6,8,17H2,(H,18,20). The van der Waals surface area contributed by atoms with Crippen LogP contribution in [0.2, 0.25) is 0 Å². The summed E-state index contributed by atoms with van der Waals surface area (Å²) in [4.78, 5) is 13.6. The molecule has 5 nitrogen and oxygen atoms in total. The second kappa shape index (κ2) is 6.31. The number of alkyl halides is 3. The van der Waals surface area contributed by atoms with Crippen molar-refractivity contribution in [2.24, 2.45) is 5.73 Å². The Labute approximate surface area is 119 Å². The largest absolute Gasteiger partial charge is 0.416 e. The Bertz CT molecular complexity index is 514. The first-order valence-corrected chi connectivity index (χ1v) is 6.45. The molecular formula is C13H16F3N3O2. The fourth-order valence-corrected chi connectivity index (χ4v) is 2.02. The molecule has 1 saturated heterocycles. The number of nitrogens with two attached hydrogens (primary N) is 1. The molecule has 0 radical (unpaired) electrons. The number of rotatable bonds is 2. The Morgan fingerprint density at radius 2 is 2.00 bits per heavy atom. The zero-order valence-electron chi connectivity index (χ0n) is 11.2. The monoisotopic (exact) mass is 303 g/mol. The normalized spacial score (nSPS) is 15.9. The van der Waals surface area contributed by atoms with Gasteiger partial charge in [0.05, 0.1) is 18.8 Å². The van der Waals surface area contributed by atoms with Gasteiger partial charge in [-0.3, -0.25) is 0 Å². The van der Waals surface area contributed by atoms with Crippen LogP contribution in [0.25, 0.3) is 0 Å². The van der Waals surface area contributed by atoms with Crippen LogP contribution in [0.15, 0.2) is 18.2 Å². The molecule has 1 heterocycles. The molecule has 1 aromatic rings. The Morgan fingerprint density at radius 1 is 1.33 bits per heavy atom. The van der Waals surface area contributed by atoms with Crippen LogP contribution < -0.4 is 11.1 Å². The van der Waals surface area contributed by atoms with E-state index in [1.165, 1.54) is 6.07 Å². The van der Waals surface area contributed by atoms with Gasteiger partial charge in [-0.1, -0.05) is 0 Å². The topological polar surface area (TPSA) is 67.6 Å². The lowest BCUT2D eigenvalue weighted by Crippen LogP contribution is -2.43. The molecule has 0 saturated carbocycles. The number of anilines is 1. The molecule has 0 bridgehead atoms. The van der Waals surface area contributed by atoms with E-state index in [2.05, 4.69) is 5.32 Å². The summed E-state index contributed by atoms with van der Waals surface area (Å²) in [5.74, 6) is 0. The third kappa shape index (κ3) is 3.85. The average Bonchev–Trinajstić information content (AvgIpc) is 2.47. The number of hydrogen-bond donors (Lipinski definition) is 2. The lowest BCUT2D eigenvalue weighted by molar-refractivity contribution is -0.137. The molecule has 0 aromatic heterocycles. The molecule has 0 spiro atoms. The maximum absolute atomic E-state index is 12.6. The molecule has 116 valence electrons. The number of halogens is 3. The number of carbonyl (C=O) groups is 1. The maximum atomic E-state index is 12.6. The highest BCUT2D eigenvalue weighted by molar-refractivity contribution is 5.90. The Kier molecular flexibility index (Phi) is 4.69. The summed E-state index contributed by atoms with van der Waals surface area (Å²) in [6, 6.07) is 2.74. The van der Waals surface area contributed by atoms with Gasteiger partial charge in [-0.25, -0.2) is 4.79 Å². The zero-order valence-corrected chi connectivity index (χ0v) is 11.2. The first-order chi connectivity index (χ1) is 9.91. The van der Waals surface area contributed by atoms with E-state index in [9.17, 15) is 18.0 Å². The Morgan fingerprint density at radius 3 is 2.57 bits per heavy atom. The summed E-state index contributed by atoms with van der Waals surface area (Å²) in [6.07, 6.45) is -4.43. The molecular weight excluding hydrogens is 287 g/mol. The van der Waals surface area contributed by atoms with Gasteiger partial charge >= 0.3 is 12.2 Å². The Hall–Kier alpha value is -1.80. The molecule has 2 amide bonds. The van der Waals surface area contributed by atoms with E-state index in [1.807, 2.05) is 0 Å². The van der Waals surface area contributed by atoms with Gasteiger partial charge < -0.3 is 20.7 Å². The fraction of sp³-hybridized carbons (Fsp3) is 0.462. The van der Waals surface area contributed by atoms with Crippen LogP contribution in [0.1, 0.15) is 11.1 Å². The molecule has 1 fully saturated rings. The van der Waals surface area contributed by atoms with Crippen molar-refractivity contribution in [3.63, 3.8) is 0 Å². The van der Waals surface area contributed by atoms with Gasteiger partial charge in [0.25, 0.3) is 0 Å². The van der Waals surface area contributed by atoms with Gasteiger partial charge in [-0.05, 0) is 23.8 Å². The molecule has 1 aromatic carbocycles. The fourth-order valence-electron chi connectivity index (χ4n) is 2.02. The third-order valence-corrected chi connectivity index (χ3v) is 3.19. The minimum atomic E-state index is -4.43. The van der Waals surface area contributed by atoms with E-state index in [4.69, 9.17) is 10.5 Å². The number of carbonyl (C=O) groups excluding carboxylic acids is 1. The van der Waals surface area contributed by atoms with Gasteiger partial charge in [-0.2, -0.15) is 13.2 Å². The predicted octanol–water partition coefficient (Wildman–Crippen LogP) is 2.03.